The largest absolute Gasteiger partial charge is 0.394 e. The van der Waals surface area contributed by atoms with Gasteiger partial charge in [-0.3, -0.25) is 9.56 Å². The summed E-state index contributed by atoms with van der Waals surface area (Å²) in [6, 6.07) is 0. The quantitative estimate of drug-likeness (QED) is 0.399. The van der Waals surface area contributed by atoms with Crippen molar-refractivity contribution in [3.8, 4) is 0 Å². The van der Waals surface area contributed by atoms with Gasteiger partial charge in [0.25, 0.3) is 0 Å². The van der Waals surface area contributed by atoms with Crippen molar-refractivity contribution >= 4 is 11.2 Å². The molecular weight excluding hydrogens is 330 g/mol. The zero-order valence-corrected chi connectivity index (χ0v) is 13.6. The number of aliphatic hydroxyl groups is 4. The molecule has 10 nitrogen and oxygen atoms in total. The second kappa shape index (κ2) is 7.42. The first kappa shape index (κ1) is 16.4. The van der Waals surface area contributed by atoms with E-state index in [2.05, 4.69) is 19.9 Å². The van der Waals surface area contributed by atoms with Crippen molar-refractivity contribution in [2.24, 2.45) is 4.99 Å². The Morgan fingerprint density at radius 3 is 2.92 bits per heavy atom. The summed E-state index contributed by atoms with van der Waals surface area (Å²) in [7, 11) is 0. The molecule has 1 aliphatic rings. The van der Waals surface area contributed by atoms with Crippen molar-refractivity contribution < 1.29 is 26.5 Å². The molecule has 0 amide bonds. The number of hydrogen-bond donors (Lipinski definition) is 5. The zero-order valence-electron chi connectivity index (χ0n) is 14.6. The Balaban J connectivity index is 2.02. The average molecular weight is 353 g/mol. The van der Waals surface area contributed by atoms with E-state index in [4.69, 9.17) is 11.2 Å². The molecule has 1 saturated heterocycles. The lowest BCUT2D eigenvalue weighted by atomic mass is 10.1. The standard InChI is InChI=1S/C15H21N5O5/c1-8(4-21)2-3-16-13-10-14(18-6-17-13)20(7-19-10)15-12(24)11(23)9(5-22)25-15/h2,6-7,9,11-12,15,21-24H,3-5H2,1H3,(H,16,17,18)/b8-2+/t9-,11-,12-,15-/m1/s1/i6T. The van der Waals surface area contributed by atoms with Gasteiger partial charge >= 0.3 is 0 Å². The van der Waals surface area contributed by atoms with Crippen LogP contribution in [0.4, 0.5) is 0 Å². The summed E-state index contributed by atoms with van der Waals surface area (Å²) >= 11 is 0. The van der Waals surface area contributed by atoms with Crippen molar-refractivity contribution in [1.82, 2.24) is 19.5 Å². The smallest absolute Gasteiger partial charge is 0.179 e. The number of imidazole rings is 1. The molecule has 3 heterocycles. The molecule has 10 heteroatoms. The molecule has 1 fully saturated rings. The number of aliphatic hydroxyl groups excluding tert-OH is 4. The molecule has 0 unspecified atom stereocenters. The van der Waals surface area contributed by atoms with Crippen LogP contribution < -0.4 is 5.49 Å². The molecular formula is C15H21N5O5. The van der Waals surface area contributed by atoms with Crippen molar-refractivity contribution in [3.63, 3.8) is 0 Å². The number of ether oxygens (including phenoxy) is 1. The van der Waals surface area contributed by atoms with Crippen LogP contribution >= 0.6 is 0 Å². The Hall–Kier alpha value is -2.11. The SMILES string of the molecule is [3H]c1nc(=NC/C=C(\C)CO)c2ncn([C@@H]3O[C@H](CO)[C@@H](O)[C@H]3O)c2[nH]1. The van der Waals surface area contributed by atoms with Gasteiger partial charge in [0.2, 0.25) is 0 Å². The first-order valence-electron chi connectivity index (χ1n) is 8.29. The van der Waals surface area contributed by atoms with Gasteiger partial charge in [0.1, 0.15) is 30.8 Å². The van der Waals surface area contributed by atoms with Crippen LogP contribution in [0.2, 0.25) is 0 Å². The number of H-pyrrole nitrogens is 1. The van der Waals surface area contributed by atoms with E-state index >= 15 is 0 Å². The highest BCUT2D eigenvalue weighted by Gasteiger charge is 2.43. The van der Waals surface area contributed by atoms with Gasteiger partial charge in [0.15, 0.2) is 11.7 Å². The number of hydrogen-bond acceptors (Lipinski definition) is 8. The van der Waals surface area contributed by atoms with Crippen LogP contribution in [0.25, 0.3) is 11.2 Å². The molecule has 25 heavy (non-hydrogen) atoms. The van der Waals surface area contributed by atoms with E-state index in [0.717, 1.165) is 5.57 Å². The van der Waals surface area contributed by atoms with Gasteiger partial charge < -0.3 is 30.1 Å². The van der Waals surface area contributed by atoms with E-state index in [9.17, 15) is 15.3 Å². The molecule has 0 radical (unpaired) electrons. The number of rotatable bonds is 5. The maximum atomic E-state index is 10.2. The molecule has 2 aromatic rings. The summed E-state index contributed by atoms with van der Waals surface area (Å²) in [5.74, 6) is 0. The van der Waals surface area contributed by atoms with E-state index in [1.165, 1.54) is 10.9 Å². The third-order valence-corrected chi connectivity index (χ3v) is 4.06. The predicted molar refractivity (Wildman–Crippen MR) is 86.2 cm³/mol. The van der Waals surface area contributed by atoms with Gasteiger partial charge in [-0.1, -0.05) is 11.6 Å². The van der Waals surface area contributed by atoms with Gasteiger partial charge in [-0.05, 0) is 6.92 Å². The molecule has 0 saturated carbocycles. The molecule has 4 atom stereocenters. The Kier molecular flexibility index (Phi) is 4.85. The summed E-state index contributed by atoms with van der Waals surface area (Å²) in [6.45, 7) is 1.53. The molecule has 136 valence electrons. The average Bonchev–Trinajstić information content (AvgIpc) is 3.16. The zero-order chi connectivity index (χ0) is 18.8. The Bertz CT molecular complexity index is 879. The lowest BCUT2D eigenvalue weighted by Gasteiger charge is -2.16. The van der Waals surface area contributed by atoms with Gasteiger partial charge in [0.05, 0.1) is 32.4 Å². The summed E-state index contributed by atoms with van der Waals surface area (Å²) in [5.41, 5.74) is 1.71. The molecule has 0 aromatic carbocycles. The molecule has 0 aliphatic carbocycles. The summed E-state index contributed by atoms with van der Waals surface area (Å²) in [5, 5.41) is 38.4. The van der Waals surface area contributed by atoms with Crippen LogP contribution in [0.15, 0.2) is 29.3 Å². The highest BCUT2D eigenvalue weighted by Crippen LogP contribution is 2.30. The van der Waals surface area contributed by atoms with Crippen LogP contribution in [0.1, 0.15) is 14.5 Å². The molecule has 0 bridgehead atoms. The predicted octanol–water partition coefficient (Wildman–Crippen LogP) is -1.79. The first-order chi connectivity index (χ1) is 12.5. The van der Waals surface area contributed by atoms with Crippen molar-refractivity contribution in [2.45, 2.75) is 31.5 Å². The fraction of sp³-hybridized carbons (Fsp3) is 0.533. The Morgan fingerprint density at radius 1 is 1.44 bits per heavy atom. The van der Waals surface area contributed by atoms with E-state index in [-0.39, 0.29) is 24.9 Å². The topological polar surface area (TPSA) is 149 Å². The molecule has 5 N–H and O–H groups in total. The lowest BCUT2D eigenvalue weighted by Crippen LogP contribution is -2.33. The van der Waals surface area contributed by atoms with Crippen LogP contribution in [0.5, 0.6) is 0 Å². The van der Waals surface area contributed by atoms with Gasteiger partial charge in [-0.15, -0.1) is 0 Å². The van der Waals surface area contributed by atoms with Crippen molar-refractivity contribution in [1.29, 1.82) is 0 Å². The van der Waals surface area contributed by atoms with Crippen molar-refractivity contribution in [2.75, 3.05) is 19.8 Å². The van der Waals surface area contributed by atoms with Gasteiger partial charge in [0, 0.05) is 0 Å². The third kappa shape index (κ3) is 3.34. The first-order valence-corrected chi connectivity index (χ1v) is 7.79. The lowest BCUT2D eigenvalue weighted by molar-refractivity contribution is -0.0511. The fourth-order valence-electron chi connectivity index (χ4n) is 2.60. The molecule has 0 spiro atoms. The monoisotopic (exact) mass is 353 g/mol. The van der Waals surface area contributed by atoms with Crippen LogP contribution in [-0.4, -0.2) is 78.0 Å². The van der Waals surface area contributed by atoms with Crippen LogP contribution in [0, 0.1) is 0 Å². The minimum absolute atomic E-state index is 0.0650. The van der Waals surface area contributed by atoms with Crippen molar-refractivity contribution in [3.05, 3.63) is 29.8 Å². The second-order valence-electron chi connectivity index (χ2n) is 5.80. The number of nitrogens with one attached hydrogen (secondary N) is 1. The summed E-state index contributed by atoms with van der Waals surface area (Å²) in [6.07, 6.45) is -1.44. The fourth-order valence-corrected chi connectivity index (χ4v) is 2.60. The number of aromatic nitrogens is 4. The highest BCUT2D eigenvalue weighted by atomic mass is 16.6. The highest BCUT2D eigenvalue weighted by molar-refractivity contribution is 5.68. The molecule has 3 rings (SSSR count). The van der Waals surface area contributed by atoms with E-state index in [1.54, 1.807) is 13.0 Å². The van der Waals surface area contributed by atoms with Gasteiger partial charge in [-0.25, -0.2) is 9.97 Å². The maximum Gasteiger partial charge on any atom is 0.179 e. The van der Waals surface area contributed by atoms with E-state index in [0.29, 0.717) is 11.2 Å². The Morgan fingerprint density at radius 2 is 2.24 bits per heavy atom. The summed E-state index contributed by atoms with van der Waals surface area (Å²) in [4.78, 5) is 15.3. The van der Waals surface area contributed by atoms with E-state index in [1.807, 2.05) is 0 Å². The molecule has 2 aromatic heterocycles. The van der Waals surface area contributed by atoms with E-state index < -0.39 is 31.1 Å². The number of fused-ring (bicyclic) bond motifs is 1. The third-order valence-electron chi connectivity index (χ3n) is 4.06. The maximum absolute atomic E-state index is 10.2. The van der Waals surface area contributed by atoms with Crippen LogP contribution in [-0.2, 0) is 4.74 Å². The number of nitrogens with zero attached hydrogens (tertiary/aromatic N) is 4. The number of aromatic amines is 1. The summed E-state index contributed by atoms with van der Waals surface area (Å²) < 4.78 is 14.8. The molecule has 1 aliphatic heterocycles. The van der Waals surface area contributed by atoms with Gasteiger partial charge in [-0.2, -0.15) is 0 Å². The normalized spacial score (nSPS) is 28.8. The minimum Gasteiger partial charge on any atom is -0.394 e. The van der Waals surface area contributed by atoms with Crippen LogP contribution in [0.3, 0.4) is 0 Å². The minimum atomic E-state index is -1.27. The second-order valence-corrected chi connectivity index (χ2v) is 5.80. The Labute approximate surface area is 144 Å².